The highest BCUT2D eigenvalue weighted by molar-refractivity contribution is 7.07. The van der Waals surface area contributed by atoms with E-state index in [1.807, 2.05) is 10.3 Å². The predicted octanol–water partition coefficient (Wildman–Crippen LogP) is 0.962. The average molecular weight is 266 g/mol. The Hall–Kier alpha value is -0.910. The molecular formula is C13H18N2O2S. The Kier molecular flexibility index (Phi) is 3.37. The molecule has 1 amide bonds. The van der Waals surface area contributed by atoms with E-state index < -0.39 is 0 Å². The molecule has 2 heterocycles. The van der Waals surface area contributed by atoms with Crippen LogP contribution in [0, 0.1) is 0 Å². The third-order valence-electron chi connectivity index (χ3n) is 3.61. The van der Waals surface area contributed by atoms with E-state index in [-0.39, 0.29) is 18.1 Å². The van der Waals surface area contributed by atoms with E-state index in [0.717, 1.165) is 12.8 Å². The van der Waals surface area contributed by atoms with Crippen molar-refractivity contribution in [1.82, 2.24) is 10.2 Å². The van der Waals surface area contributed by atoms with Crippen LogP contribution in [0.15, 0.2) is 16.8 Å². The normalized spacial score (nSPS) is 27.4. The number of rotatable bonds is 4. The van der Waals surface area contributed by atoms with E-state index in [0.29, 0.717) is 25.6 Å². The van der Waals surface area contributed by atoms with E-state index in [1.54, 1.807) is 11.3 Å². The number of carbonyl (C=O) groups is 1. The van der Waals surface area contributed by atoms with E-state index in [1.165, 1.54) is 5.56 Å². The van der Waals surface area contributed by atoms with E-state index in [9.17, 15) is 9.90 Å². The van der Waals surface area contributed by atoms with Crippen LogP contribution in [-0.2, 0) is 11.3 Å². The number of amides is 1. The van der Waals surface area contributed by atoms with Gasteiger partial charge in [-0.3, -0.25) is 4.79 Å². The SMILES string of the molecule is O=C(C1CC(O)CN1)N(Cc1ccsc1)C1CC1. The lowest BCUT2D eigenvalue weighted by molar-refractivity contribution is -0.134. The number of nitrogens with zero attached hydrogens (tertiary/aromatic N) is 1. The lowest BCUT2D eigenvalue weighted by atomic mass is 10.1. The summed E-state index contributed by atoms with van der Waals surface area (Å²) in [5.74, 6) is 0.153. The maximum atomic E-state index is 12.5. The van der Waals surface area contributed by atoms with Gasteiger partial charge in [-0.25, -0.2) is 0 Å². The molecule has 0 bridgehead atoms. The largest absolute Gasteiger partial charge is 0.392 e. The number of hydrogen-bond donors (Lipinski definition) is 2. The summed E-state index contributed by atoms with van der Waals surface area (Å²) in [6.45, 7) is 1.24. The molecule has 4 nitrogen and oxygen atoms in total. The second kappa shape index (κ2) is 4.99. The lowest BCUT2D eigenvalue weighted by Gasteiger charge is -2.25. The fourth-order valence-electron chi connectivity index (χ4n) is 2.46. The average Bonchev–Trinajstić information content (AvgIpc) is 2.88. The van der Waals surface area contributed by atoms with Crippen LogP contribution in [0.2, 0.25) is 0 Å². The van der Waals surface area contributed by atoms with Crippen molar-refractivity contribution < 1.29 is 9.90 Å². The third-order valence-corrected chi connectivity index (χ3v) is 4.34. The highest BCUT2D eigenvalue weighted by Crippen LogP contribution is 2.30. The number of β-amino-alcohol motifs (C(OH)–C–C–N with tert-alkyl or cyclic N) is 1. The highest BCUT2D eigenvalue weighted by Gasteiger charge is 2.38. The number of carbonyl (C=O) groups excluding carboxylic acids is 1. The zero-order valence-corrected chi connectivity index (χ0v) is 11.0. The van der Waals surface area contributed by atoms with Crippen LogP contribution in [0.1, 0.15) is 24.8 Å². The molecule has 2 N–H and O–H groups in total. The number of thiophene rings is 1. The van der Waals surface area contributed by atoms with Crippen molar-refractivity contribution in [3.8, 4) is 0 Å². The summed E-state index contributed by atoms with van der Waals surface area (Å²) in [4.78, 5) is 14.4. The molecule has 5 heteroatoms. The van der Waals surface area contributed by atoms with Crippen molar-refractivity contribution in [2.45, 2.75) is 44.0 Å². The Morgan fingerprint density at radius 3 is 2.94 bits per heavy atom. The molecule has 0 spiro atoms. The van der Waals surface area contributed by atoms with Crippen molar-refractivity contribution in [1.29, 1.82) is 0 Å². The molecule has 1 aromatic rings. The smallest absolute Gasteiger partial charge is 0.240 e. The second-order valence-corrected chi connectivity index (χ2v) is 5.96. The fourth-order valence-corrected chi connectivity index (χ4v) is 3.12. The van der Waals surface area contributed by atoms with Crippen LogP contribution >= 0.6 is 11.3 Å². The molecule has 2 aliphatic rings. The molecular weight excluding hydrogens is 248 g/mol. The first-order chi connectivity index (χ1) is 8.74. The molecule has 1 aliphatic heterocycles. The van der Waals surface area contributed by atoms with Gasteiger partial charge in [0, 0.05) is 19.1 Å². The van der Waals surface area contributed by atoms with Crippen molar-refractivity contribution in [2.75, 3.05) is 6.54 Å². The van der Waals surface area contributed by atoms with Gasteiger partial charge in [-0.1, -0.05) is 0 Å². The highest BCUT2D eigenvalue weighted by atomic mass is 32.1. The Labute approximate surface area is 111 Å². The minimum Gasteiger partial charge on any atom is -0.392 e. The van der Waals surface area contributed by atoms with Gasteiger partial charge < -0.3 is 15.3 Å². The Bertz CT molecular complexity index is 417. The monoisotopic (exact) mass is 266 g/mol. The van der Waals surface area contributed by atoms with Crippen LogP contribution in [0.3, 0.4) is 0 Å². The van der Waals surface area contributed by atoms with E-state index in [4.69, 9.17) is 0 Å². The summed E-state index contributed by atoms with van der Waals surface area (Å²) < 4.78 is 0. The molecule has 18 heavy (non-hydrogen) atoms. The molecule has 2 atom stereocenters. The van der Waals surface area contributed by atoms with Crippen LogP contribution in [0.5, 0.6) is 0 Å². The minimum atomic E-state index is -0.374. The summed E-state index contributed by atoms with van der Waals surface area (Å²) in [5.41, 5.74) is 1.21. The zero-order chi connectivity index (χ0) is 12.5. The Balaban J connectivity index is 1.67. The first kappa shape index (κ1) is 12.1. The fraction of sp³-hybridized carbons (Fsp3) is 0.615. The second-order valence-electron chi connectivity index (χ2n) is 5.18. The van der Waals surface area contributed by atoms with Crippen LogP contribution < -0.4 is 5.32 Å². The van der Waals surface area contributed by atoms with Gasteiger partial charge in [0.15, 0.2) is 0 Å². The minimum absolute atomic E-state index is 0.153. The maximum Gasteiger partial charge on any atom is 0.240 e. The number of hydrogen-bond acceptors (Lipinski definition) is 4. The molecule has 1 saturated heterocycles. The van der Waals surface area contributed by atoms with Gasteiger partial charge in [0.25, 0.3) is 0 Å². The predicted molar refractivity (Wildman–Crippen MR) is 70.3 cm³/mol. The molecule has 1 aromatic heterocycles. The van der Waals surface area contributed by atoms with Gasteiger partial charge in [-0.05, 0) is 41.7 Å². The number of aliphatic hydroxyl groups excluding tert-OH is 1. The van der Waals surface area contributed by atoms with Gasteiger partial charge in [0.1, 0.15) is 0 Å². The van der Waals surface area contributed by atoms with Crippen molar-refractivity contribution in [2.24, 2.45) is 0 Å². The molecule has 98 valence electrons. The van der Waals surface area contributed by atoms with E-state index in [2.05, 4.69) is 16.8 Å². The molecule has 2 unspecified atom stereocenters. The number of nitrogens with one attached hydrogen (secondary N) is 1. The van der Waals surface area contributed by atoms with Crippen LogP contribution in [0.25, 0.3) is 0 Å². The lowest BCUT2D eigenvalue weighted by Crippen LogP contribution is -2.44. The summed E-state index contributed by atoms with van der Waals surface area (Å²) >= 11 is 1.66. The third kappa shape index (κ3) is 2.58. The molecule has 0 aromatic carbocycles. The summed E-state index contributed by atoms with van der Waals surface area (Å²) in [6, 6.07) is 2.29. The molecule has 0 radical (unpaired) electrons. The van der Waals surface area contributed by atoms with Gasteiger partial charge >= 0.3 is 0 Å². The molecule has 2 fully saturated rings. The summed E-state index contributed by atoms with van der Waals surface area (Å²) in [7, 11) is 0. The van der Waals surface area contributed by atoms with Crippen LogP contribution in [0.4, 0.5) is 0 Å². The maximum absolute atomic E-state index is 12.5. The van der Waals surface area contributed by atoms with Gasteiger partial charge in [-0.15, -0.1) is 0 Å². The van der Waals surface area contributed by atoms with Gasteiger partial charge in [0.2, 0.25) is 5.91 Å². The van der Waals surface area contributed by atoms with Gasteiger partial charge in [-0.2, -0.15) is 11.3 Å². The zero-order valence-electron chi connectivity index (χ0n) is 10.2. The van der Waals surface area contributed by atoms with Gasteiger partial charge in [0.05, 0.1) is 12.1 Å². The molecule has 1 aliphatic carbocycles. The molecule has 1 saturated carbocycles. The number of aliphatic hydroxyl groups is 1. The van der Waals surface area contributed by atoms with Crippen molar-refractivity contribution in [3.63, 3.8) is 0 Å². The Morgan fingerprint density at radius 2 is 2.39 bits per heavy atom. The summed E-state index contributed by atoms with van der Waals surface area (Å²) in [5, 5.41) is 16.8. The Morgan fingerprint density at radius 1 is 1.56 bits per heavy atom. The van der Waals surface area contributed by atoms with Crippen LogP contribution in [-0.4, -0.2) is 40.6 Å². The van der Waals surface area contributed by atoms with E-state index >= 15 is 0 Å². The first-order valence-corrected chi connectivity index (χ1v) is 7.41. The summed E-state index contributed by atoms with van der Waals surface area (Å²) in [6.07, 6.45) is 2.41. The first-order valence-electron chi connectivity index (χ1n) is 6.47. The standard InChI is InChI=1S/C13H18N2O2S/c16-11-5-12(14-6-11)13(17)15(10-1-2-10)7-9-3-4-18-8-9/h3-4,8,10-12,14,16H,1-2,5-7H2. The van der Waals surface area contributed by atoms with Crippen molar-refractivity contribution >= 4 is 17.2 Å². The molecule has 3 rings (SSSR count). The topological polar surface area (TPSA) is 52.6 Å². The van der Waals surface area contributed by atoms with Crippen molar-refractivity contribution in [3.05, 3.63) is 22.4 Å². The quantitative estimate of drug-likeness (QED) is 0.853.